The highest BCUT2D eigenvalue weighted by molar-refractivity contribution is 7.98. The van der Waals surface area contributed by atoms with Crippen molar-refractivity contribution < 1.29 is 4.39 Å². The summed E-state index contributed by atoms with van der Waals surface area (Å²) in [6.07, 6.45) is 6.49. The quantitative estimate of drug-likeness (QED) is 0.499. The minimum absolute atomic E-state index is 0.182. The maximum Gasteiger partial charge on any atom is 0.128 e. The smallest absolute Gasteiger partial charge is 0.128 e. The number of aryl methyl sites for hydroxylation is 2. The van der Waals surface area contributed by atoms with Crippen molar-refractivity contribution in [3.8, 4) is 0 Å². The molecule has 3 aromatic rings. The number of benzene rings is 1. The van der Waals surface area contributed by atoms with E-state index in [-0.39, 0.29) is 5.82 Å². The Hall–Kier alpha value is -1.46. The Balaban J connectivity index is 1.68. The van der Waals surface area contributed by atoms with Crippen LogP contribution in [0.3, 0.4) is 0 Å². The zero-order chi connectivity index (χ0) is 14.9. The summed E-state index contributed by atoms with van der Waals surface area (Å²) in [5.41, 5.74) is 2.44. The molecule has 112 valence electrons. The second-order valence-electron chi connectivity index (χ2n) is 5.49. The minimum atomic E-state index is -0.182. The van der Waals surface area contributed by atoms with Gasteiger partial charge in [-0.15, -0.1) is 23.1 Å². The van der Waals surface area contributed by atoms with Crippen molar-refractivity contribution in [2.24, 2.45) is 0 Å². The predicted octanol–water partition coefficient (Wildman–Crippen LogP) is 5.00. The summed E-state index contributed by atoms with van der Waals surface area (Å²) >= 11 is 3.49. The zero-order valence-corrected chi connectivity index (χ0v) is 13.6. The number of aromatic nitrogens is 2. The molecule has 2 nitrogen and oxygen atoms in total. The molecule has 2 heterocycles. The molecule has 0 saturated carbocycles. The lowest BCUT2D eigenvalue weighted by Gasteiger charge is -2.11. The van der Waals surface area contributed by atoms with Crippen molar-refractivity contribution in [3.63, 3.8) is 0 Å². The van der Waals surface area contributed by atoms with Crippen LogP contribution in [0, 0.1) is 5.82 Å². The largest absolute Gasteiger partial charge is 0.229 e. The van der Waals surface area contributed by atoms with Crippen LogP contribution in [0.1, 0.15) is 28.8 Å². The zero-order valence-electron chi connectivity index (χ0n) is 12.0. The number of thioether (sulfide) groups is 1. The molecule has 0 saturated heterocycles. The van der Waals surface area contributed by atoms with Crippen LogP contribution in [0.2, 0.25) is 0 Å². The van der Waals surface area contributed by atoms with E-state index in [4.69, 9.17) is 0 Å². The van der Waals surface area contributed by atoms with Gasteiger partial charge in [-0.05, 0) is 48.9 Å². The topological polar surface area (TPSA) is 25.8 Å². The minimum Gasteiger partial charge on any atom is -0.229 e. The Morgan fingerprint density at radius 1 is 1.18 bits per heavy atom. The SMILES string of the molecule is Fc1cccc(CSc2ncnc3sc4c(c23)CCCC4)c1. The number of thiophene rings is 1. The van der Waals surface area contributed by atoms with Gasteiger partial charge in [0.15, 0.2) is 0 Å². The lowest BCUT2D eigenvalue weighted by Crippen LogP contribution is -1.99. The molecule has 4 rings (SSSR count). The maximum absolute atomic E-state index is 13.3. The van der Waals surface area contributed by atoms with E-state index in [0.29, 0.717) is 0 Å². The van der Waals surface area contributed by atoms with Crippen LogP contribution in [0.25, 0.3) is 10.2 Å². The Bertz CT molecular complexity index is 829. The Kier molecular flexibility index (Phi) is 3.84. The number of nitrogens with zero attached hydrogens (tertiary/aromatic N) is 2. The van der Waals surface area contributed by atoms with Crippen LogP contribution in [0.15, 0.2) is 35.6 Å². The van der Waals surface area contributed by atoms with Crippen molar-refractivity contribution in [3.05, 3.63) is 52.4 Å². The molecule has 22 heavy (non-hydrogen) atoms. The summed E-state index contributed by atoms with van der Waals surface area (Å²) in [5, 5.41) is 2.28. The van der Waals surface area contributed by atoms with Gasteiger partial charge in [-0.25, -0.2) is 14.4 Å². The first kappa shape index (κ1) is 14.2. The molecule has 0 radical (unpaired) electrons. The Labute approximate surface area is 136 Å². The van der Waals surface area contributed by atoms with Crippen LogP contribution in [-0.2, 0) is 18.6 Å². The van der Waals surface area contributed by atoms with Gasteiger partial charge in [0.2, 0.25) is 0 Å². The first-order chi connectivity index (χ1) is 10.8. The second-order valence-corrected chi connectivity index (χ2v) is 7.54. The summed E-state index contributed by atoms with van der Waals surface area (Å²) in [6, 6.07) is 6.78. The average Bonchev–Trinajstić information content (AvgIpc) is 2.92. The van der Waals surface area contributed by atoms with Gasteiger partial charge in [0, 0.05) is 16.0 Å². The molecule has 5 heteroatoms. The maximum atomic E-state index is 13.3. The van der Waals surface area contributed by atoms with Gasteiger partial charge in [-0.1, -0.05) is 12.1 Å². The first-order valence-corrected chi connectivity index (χ1v) is 9.24. The molecular weight excluding hydrogens is 315 g/mol. The molecule has 0 spiro atoms. The normalized spacial score (nSPS) is 14.2. The highest BCUT2D eigenvalue weighted by Crippen LogP contribution is 2.39. The molecule has 1 aromatic carbocycles. The lowest BCUT2D eigenvalue weighted by atomic mass is 9.97. The molecule has 0 unspecified atom stereocenters. The van der Waals surface area contributed by atoms with Gasteiger partial charge in [0.25, 0.3) is 0 Å². The fourth-order valence-electron chi connectivity index (χ4n) is 2.95. The number of hydrogen-bond donors (Lipinski definition) is 0. The van der Waals surface area contributed by atoms with Crippen molar-refractivity contribution in [1.29, 1.82) is 0 Å². The molecule has 2 aromatic heterocycles. The Morgan fingerprint density at radius 2 is 2.09 bits per heavy atom. The van der Waals surface area contributed by atoms with Gasteiger partial charge >= 0.3 is 0 Å². The third-order valence-corrected chi connectivity index (χ3v) is 6.24. The van der Waals surface area contributed by atoms with E-state index in [1.165, 1.54) is 41.2 Å². The Morgan fingerprint density at radius 3 is 3.00 bits per heavy atom. The van der Waals surface area contributed by atoms with Gasteiger partial charge in [0.1, 0.15) is 22.0 Å². The monoisotopic (exact) mass is 330 g/mol. The molecule has 0 fully saturated rings. The van der Waals surface area contributed by atoms with E-state index in [2.05, 4.69) is 9.97 Å². The fraction of sp³-hybridized carbons (Fsp3) is 0.294. The summed E-state index contributed by atoms with van der Waals surface area (Å²) in [4.78, 5) is 11.5. The van der Waals surface area contributed by atoms with Gasteiger partial charge in [-0.2, -0.15) is 0 Å². The average molecular weight is 330 g/mol. The van der Waals surface area contributed by atoms with Crippen LogP contribution in [0.4, 0.5) is 4.39 Å². The first-order valence-electron chi connectivity index (χ1n) is 7.44. The number of hydrogen-bond acceptors (Lipinski definition) is 4. The third kappa shape index (κ3) is 2.63. The molecule has 1 aliphatic rings. The molecule has 0 N–H and O–H groups in total. The van der Waals surface area contributed by atoms with Gasteiger partial charge in [-0.3, -0.25) is 0 Å². The van der Waals surface area contributed by atoms with E-state index in [0.717, 1.165) is 27.6 Å². The van der Waals surface area contributed by atoms with E-state index < -0.39 is 0 Å². The summed E-state index contributed by atoms with van der Waals surface area (Å²) < 4.78 is 13.3. The number of rotatable bonds is 3. The van der Waals surface area contributed by atoms with E-state index in [1.54, 1.807) is 30.2 Å². The summed E-state index contributed by atoms with van der Waals surface area (Å²) in [6.45, 7) is 0. The molecule has 0 atom stereocenters. The van der Waals surface area contributed by atoms with Crippen molar-refractivity contribution in [2.75, 3.05) is 0 Å². The number of fused-ring (bicyclic) bond motifs is 3. The van der Waals surface area contributed by atoms with Gasteiger partial charge < -0.3 is 0 Å². The van der Waals surface area contributed by atoms with Crippen molar-refractivity contribution in [1.82, 2.24) is 9.97 Å². The van der Waals surface area contributed by atoms with Crippen molar-refractivity contribution in [2.45, 2.75) is 36.5 Å². The fourth-order valence-corrected chi connectivity index (χ4v) is 5.21. The van der Waals surface area contributed by atoms with Crippen LogP contribution < -0.4 is 0 Å². The molecule has 0 bridgehead atoms. The van der Waals surface area contributed by atoms with Crippen LogP contribution >= 0.6 is 23.1 Å². The summed E-state index contributed by atoms with van der Waals surface area (Å²) in [7, 11) is 0. The third-order valence-electron chi connectivity index (χ3n) is 3.98. The predicted molar refractivity (Wildman–Crippen MR) is 90.0 cm³/mol. The summed E-state index contributed by atoms with van der Waals surface area (Å²) in [5.74, 6) is 0.549. The standard InChI is InChI=1S/C17H15FN2S2/c18-12-5-3-4-11(8-12)9-21-16-15-13-6-1-2-7-14(13)22-17(15)20-10-19-16/h3-5,8,10H,1-2,6-7,9H2. The highest BCUT2D eigenvalue weighted by Gasteiger charge is 2.19. The van der Waals surface area contributed by atoms with E-state index >= 15 is 0 Å². The molecule has 0 amide bonds. The van der Waals surface area contributed by atoms with E-state index in [9.17, 15) is 4.39 Å². The molecule has 0 aliphatic heterocycles. The number of halogens is 1. The molecule has 1 aliphatic carbocycles. The second kappa shape index (κ2) is 5.97. The van der Waals surface area contributed by atoms with Crippen LogP contribution in [0.5, 0.6) is 0 Å². The van der Waals surface area contributed by atoms with Crippen molar-refractivity contribution >= 4 is 33.3 Å². The van der Waals surface area contributed by atoms with Crippen LogP contribution in [-0.4, -0.2) is 9.97 Å². The highest BCUT2D eigenvalue weighted by atomic mass is 32.2. The van der Waals surface area contributed by atoms with Gasteiger partial charge in [0.05, 0.1) is 0 Å². The lowest BCUT2D eigenvalue weighted by molar-refractivity contribution is 0.626. The van der Waals surface area contributed by atoms with E-state index in [1.807, 2.05) is 17.4 Å². The molecular formula is C17H15FN2S2.